The van der Waals surface area contributed by atoms with Crippen molar-refractivity contribution in [3.63, 3.8) is 0 Å². The first-order chi connectivity index (χ1) is 12.7. The maximum absolute atomic E-state index is 12.2. The molecule has 1 fully saturated rings. The number of sulfonamides is 2. The second-order valence-corrected chi connectivity index (χ2v) is 10.6. The smallest absolute Gasteiger partial charge is 0.240 e. The normalized spacial score (nSPS) is 17.0. The molecular formula is C17H27N3O5S2. The zero-order valence-corrected chi connectivity index (χ0v) is 17.3. The van der Waals surface area contributed by atoms with Crippen molar-refractivity contribution in [2.45, 2.75) is 31.6 Å². The van der Waals surface area contributed by atoms with Crippen molar-refractivity contribution in [2.24, 2.45) is 5.92 Å². The van der Waals surface area contributed by atoms with Crippen LogP contribution in [0.15, 0.2) is 29.2 Å². The van der Waals surface area contributed by atoms with Crippen molar-refractivity contribution >= 4 is 26.0 Å². The van der Waals surface area contributed by atoms with Gasteiger partial charge in [0.1, 0.15) is 0 Å². The fourth-order valence-corrected chi connectivity index (χ4v) is 5.06. The van der Waals surface area contributed by atoms with Crippen LogP contribution < -0.4 is 10.0 Å². The molecule has 0 bridgehead atoms. The first kappa shape index (κ1) is 21.8. The van der Waals surface area contributed by atoms with Gasteiger partial charge < -0.3 is 5.32 Å². The van der Waals surface area contributed by atoms with E-state index in [2.05, 4.69) is 10.0 Å². The minimum absolute atomic E-state index is 0.0605. The minimum atomic E-state index is -3.60. The largest absolute Gasteiger partial charge is 0.355 e. The maximum atomic E-state index is 12.2. The molecule has 1 saturated heterocycles. The molecule has 0 radical (unpaired) electrons. The molecule has 0 aromatic heterocycles. The molecule has 0 saturated carbocycles. The molecule has 0 aliphatic carbocycles. The zero-order chi connectivity index (χ0) is 20.1. The number of rotatable bonds is 8. The van der Waals surface area contributed by atoms with Crippen LogP contribution in [0.5, 0.6) is 0 Å². The van der Waals surface area contributed by atoms with Crippen molar-refractivity contribution < 1.29 is 21.6 Å². The fourth-order valence-electron chi connectivity index (χ4n) is 2.89. The average molecular weight is 418 g/mol. The van der Waals surface area contributed by atoms with Gasteiger partial charge in [-0.05, 0) is 38.8 Å². The Labute approximate surface area is 161 Å². The lowest BCUT2D eigenvalue weighted by molar-refractivity contribution is -0.126. The molecule has 1 aliphatic rings. The molecule has 8 nitrogen and oxygen atoms in total. The lowest BCUT2D eigenvalue weighted by atomic mass is 9.97. The van der Waals surface area contributed by atoms with Gasteiger partial charge in [-0.2, -0.15) is 0 Å². The van der Waals surface area contributed by atoms with E-state index in [0.717, 1.165) is 5.56 Å². The summed E-state index contributed by atoms with van der Waals surface area (Å²) in [7, 11) is -6.81. The SMILES string of the molecule is CCS(=O)(=O)N1CCC(C(=O)NCCNS(=O)(=O)c2ccc(C)cc2)CC1. The van der Waals surface area contributed by atoms with Crippen LogP contribution >= 0.6 is 0 Å². The Kier molecular flexibility index (Phi) is 7.38. The van der Waals surface area contributed by atoms with Gasteiger partial charge in [-0.1, -0.05) is 17.7 Å². The number of piperidine rings is 1. The summed E-state index contributed by atoms with van der Waals surface area (Å²) in [4.78, 5) is 12.4. The van der Waals surface area contributed by atoms with Gasteiger partial charge in [-0.25, -0.2) is 25.9 Å². The number of carbonyl (C=O) groups excluding carboxylic acids is 1. The van der Waals surface area contributed by atoms with Crippen molar-refractivity contribution in [1.82, 2.24) is 14.3 Å². The number of amides is 1. The molecule has 27 heavy (non-hydrogen) atoms. The molecular weight excluding hydrogens is 390 g/mol. The summed E-state index contributed by atoms with van der Waals surface area (Å²) >= 11 is 0. The van der Waals surface area contributed by atoms with Crippen molar-refractivity contribution in [3.05, 3.63) is 29.8 Å². The molecule has 1 amide bonds. The highest BCUT2D eigenvalue weighted by Gasteiger charge is 2.29. The highest BCUT2D eigenvalue weighted by molar-refractivity contribution is 7.89. The second kappa shape index (κ2) is 9.13. The fraction of sp³-hybridized carbons (Fsp3) is 0.588. The average Bonchev–Trinajstić information content (AvgIpc) is 2.65. The molecule has 0 atom stereocenters. The van der Waals surface area contributed by atoms with E-state index >= 15 is 0 Å². The predicted molar refractivity (Wildman–Crippen MR) is 103 cm³/mol. The number of hydrogen-bond acceptors (Lipinski definition) is 5. The summed E-state index contributed by atoms with van der Waals surface area (Å²) in [6.45, 7) is 4.43. The summed E-state index contributed by atoms with van der Waals surface area (Å²) in [5.74, 6) is -0.356. The number of hydrogen-bond donors (Lipinski definition) is 2. The highest BCUT2D eigenvalue weighted by atomic mass is 32.2. The van der Waals surface area contributed by atoms with Gasteiger partial charge >= 0.3 is 0 Å². The van der Waals surface area contributed by atoms with Crippen LogP contribution in [-0.2, 0) is 24.8 Å². The molecule has 2 rings (SSSR count). The molecule has 1 heterocycles. The van der Waals surface area contributed by atoms with E-state index in [1.165, 1.54) is 16.4 Å². The number of nitrogens with one attached hydrogen (secondary N) is 2. The Balaban J connectivity index is 1.74. The van der Waals surface area contributed by atoms with Crippen molar-refractivity contribution in [2.75, 3.05) is 31.9 Å². The molecule has 1 aliphatic heterocycles. The van der Waals surface area contributed by atoms with E-state index in [0.29, 0.717) is 25.9 Å². The summed E-state index contributed by atoms with van der Waals surface area (Å²) < 4.78 is 51.9. The van der Waals surface area contributed by atoms with E-state index in [-0.39, 0.29) is 35.6 Å². The number of aryl methyl sites for hydroxylation is 1. The zero-order valence-electron chi connectivity index (χ0n) is 15.6. The lowest BCUT2D eigenvalue weighted by Gasteiger charge is -2.30. The topological polar surface area (TPSA) is 113 Å². The molecule has 0 unspecified atom stereocenters. The molecule has 10 heteroatoms. The Bertz CT molecular complexity index is 843. The Morgan fingerprint density at radius 1 is 1.07 bits per heavy atom. The molecule has 1 aromatic carbocycles. The van der Waals surface area contributed by atoms with Crippen LogP contribution in [-0.4, -0.2) is 59.0 Å². The monoisotopic (exact) mass is 417 g/mol. The van der Waals surface area contributed by atoms with Gasteiger partial charge in [-0.3, -0.25) is 4.79 Å². The van der Waals surface area contributed by atoms with Gasteiger partial charge in [-0.15, -0.1) is 0 Å². The standard InChI is InChI=1S/C17H27N3O5S2/c1-3-26(22,23)20-12-8-15(9-13-20)17(21)18-10-11-19-27(24,25)16-6-4-14(2)5-7-16/h4-7,15,19H,3,8-13H2,1-2H3,(H,18,21). The molecule has 1 aromatic rings. The number of nitrogens with zero attached hydrogens (tertiary/aromatic N) is 1. The summed E-state index contributed by atoms with van der Waals surface area (Å²) in [5.41, 5.74) is 0.971. The maximum Gasteiger partial charge on any atom is 0.240 e. The van der Waals surface area contributed by atoms with Gasteiger partial charge in [0.25, 0.3) is 0 Å². The second-order valence-electron chi connectivity index (χ2n) is 6.58. The highest BCUT2D eigenvalue weighted by Crippen LogP contribution is 2.19. The predicted octanol–water partition coefficient (Wildman–Crippen LogP) is 0.451. The van der Waals surface area contributed by atoms with Crippen LogP contribution in [0.25, 0.3) is 0 Å². The van der Waals surface area contributed by atoms with E-state index < -0.39 is 20.0 Å². The third-order valence-electron chi connectivity index (χ3n) is 4.63. The first-order valence-electron chi connectivity index (χ1n) is 8.97. The Morgan fingerprint density at radius 2 is 1.67 bits per heavy atom. The van der Waals surface area contributed by atoms with Crippen LogP contribution in [0.3, 0.4) is 0 Å². The van der Waals surface area contributed by atoms with E-state index in [1.54, 1.807) is 19.1 Å². The number of carbonyl (C=O) groups is 1. The van der Waals surface area contributed by atoms with Crippen LogP contribution in [0.1, 0.15) is 25.3 Å². The van der Waals surface area contributed by atoms with E-state index in [1.807, 2.05) is 6.92 Å². The van der Waals surface area contributed by atoms with Crippen LogP contribution in [0, 0.1) is 12.8 Å². The van der Waals surface area contributed by atoms with Gasteiger partial charge in [0.05, 0.1) is 10.6 Å². The summed E-state index contributed by atoms with van der Waals surface area (Å²) in [5, 5.41) is 2.72. The van der Waals surface area contributed by atoms with Gasteiger partial charge in [0.15, 0.2) is 0 Å². The van der Waals surface area contributed by atoms with E-state index in [9.17, 15) is 21.6 Å². The van der Waals surface area contributed by atoms with E-state index in [4.69, 9.17) is 0 Å². The molecule has 2 N–H and O–H groups in total. The minimum Gasteiger partial charge on any atom is -0.355 e. The number of benzene rings is 1. The lowest BCUT2D eigenvalue weighted by Crippen LogP contribution is -2.44. The Hall–Kier alpha value is -1.49. The molecule has 0 spiro atoms. The summed E-state index contributed by atoms with van der Waals surface area (Å²) in [6.07, 6.45) is 0.945. The Morgan fingerprint density at radius 3 is 2.22 bits per heavy atom. The van der Waals surface area contributed by atoms with Gasteiger partial charge in [0.2, 0.25) is 26.0 Å². The van der Waals surface area contributed by atoms with Crippen molar-refractivity contribution in [1.29, 1.82) is 0 Å². The van der Waals surface area contributed by atoms with Crippen LogP contribution in [0.2, 0.25) is 0 Å². The first-order valence-corrected chi connectivity index (χ1v) is 12.1. The molecule has 152 valence electrons. The quantitative estimate of drug-likeness (QED) is 0.597. The van der Waals surface area contributed by atoms with Crippen molar-refractivity contribution in [3.8, 4) is 0 Å². The summed E-state index contributed by atoms with van der Waals surface area (Å²) in [6, 6.07) is 6.52. The third-order valence-corrected chi connectivity index (χ3v) is 7.99. The van der Waals surface area contributed by atoms with Crippen LogP contribution in [0.4, 0.5) is 0 Å². The van der Waals surface area contributed by atoms with Gasteiger partial charge in [0, 0.05) is 32.1 Å². The third kappa shape index (κ3) is 6.00.